The predicted molar refractivity (Wildman–Crippen MR) is 63.9 cm³/mol. The first kappa shape index (κ1) is 10.5. The predicted octanol–water partition coefficient (Wildman–Crippen LogP) is 2.14. The lowest BCUT2D eigenvalue weighted by Gasteiger charge is -2.07. The third-order valence-corrected chi connectivity index (χ3v) is 3.20. The van der Waals surface area contributed by atoms with E-state index in [2.05, 4.69) is 10.4 Å². The molecule has 1 N–H and O–H groups in total. The number of halogens is 1. The summed E-state index contributed by atoms with van der Waals surface area (Å²) in [5, 5.41) is 7.67. The van der Waals surface area contributed by atoms with Crippen LogP contribution in [0, 0.1) is 12.7 Å². The summed E-state index contributed by atoms with van der Waals surface area (Å²) in [5.41, 5.74) is 4.75. The van der Waals surface area contributed by atoms with Crippen molar-refractivity contribution >= 4 is 0 Å². The van der Waals surface area contributed by atoms with Crippen LogP contribution < -0.4 is 5.32 Å². The lowest BCUT2D eigenvalue weighted by molar-refractivity contribution is 0.625. The SMILES string of the molecule is Cc1ccc(F)c(-c2c3c(nn2C)CNC3)c1. The third kappa shape index (κ3) is 1.56. The number of benzene rings is 1. The summed E-state index contributed by atoms with van der Waals surface area (Å²) < 4.78 is 15.7. The maximum Gasteiger partial charge on any atom is 0.132 e. The minimum atomic E-state index is -0.187. The van der Waals surface area contributed by atoms with E-state index in [0.29, 0.717) is 5.56 Å². The zero-order valence-electron chi connectivity index (χ0n) is 9.92. The molecule has 0 aliphatic carbocycles. The highest BCUT2D eigenvalue weighted by molar-refractivity contribution is 5.66. The van der Waals surface area contributed by atoms with Gasteiger partial charge in [0.15, 0.2) is 0 Å². The van der Waals surface area contributed by atoms with Crippen molar-refractivity contribution in [1.29, 1.82) is 0 Å². The van der Waals surface area contributed by atoms with Gasteiger partial charge in [-0.15, -0.1) is 0 Å². The summed E-state index contributed by atoms with van der Waals surface area (Å²) in [5.74, 6) is -0.187. The van der Waals surface area contributed by atoms with E-state index in [9.17, 15) is 4.39 Å². The molecule has 4 heteroatoms. The van der Waals surface area contributed by atoms with Crippen molar-refractivity contribution in [2.75, 3.05) is 0 Å². The van der Waals surface area contributed by atoms with Gasteiger partial charge >= 0.3 is 0 Å². The molecule has 1 aromatic carbocycles. The van der Waals surface area contributed by atoms with E-state index in [1.165, 1.54) is 6.07 Å². The van der Waals surface area contributed by atoms with Crippen LogP contribution >= 0.6 is 0 Å². The normalized spacial score (nSPS) is 14.1. The molecule has 88 valence electrons. The highest BCUT2D eigenvalue weighted by Crippen LogP contribution is 2.30. The second-order valence-electron chi connectivity index (χ2n) is 4.48. The van der Waals surface area contributed by atoms with Gasteiger partial charge in [0.1, 0.15) is 5.82 Å². The standard InChI is InChI=1S/C13H14FN3/c1-8-3-4-11(14)9(5-8)13-10-6-15-7-12(10)16-17(13)2/h3-5,15H,6-7H2,1-2H3. The van der Waals surface area contributed by atoms with Gasteiger partial charge < -0.3 is 5.32 Å². The first-order valence-electron chi connectivity index (χ1n) is 5.69. The quantitative estimate of drug-likeness (QED) is 0.815. The number of aryl methyl sites for hydroxylation is 2. The number of rotatable bonds is 1. The number of aromatic nitrogens is 2. The number of nitrogens with zero attached hydrogens (tertiary/aromatic N) is 2. The topological polar surface area (TPSA) is 29.9 Å². The number of nitrogens with one attached hydrogen (secondary N) is 1. The fourth-order valence-corrected chi connectivity index (χ4v) is 2.41. The molecule has 0 bridgehead atoms. The Morgan fingerprint density at radius 1 is 1.35 bits per heavy atom. The van der Waals surface area contributed by atoms with Crippen LogP contribution in [-0.4, -0.2) is 9.78 Å². The Labute approximate surface area is 99.3 Å². The zero-order chi connectivity index (χ0) is 12.0. The molecule has 3 nitrogen and oxygen atoms in total. The lowest BCUT2D eigenvalue weighted by atomic mass is 10.0. The van der Waals surface area contributed by atoms with E-state index in [1.807, 2.05) is 20.0 Å². The van der Waals surface area contributed by atoms with Gasteiger partial charge in [-0.1, -0.05) is 11.6 Å². The van der Waals surface area contributed by atoms with Crippen LogP contribution in [0.4, 0.5) is 4.39 Å². The maximum absolute atomic E-state index is 13.9. The molecule has 0 saturated carbocycles. The molecule has 1 aromatic heterocycles. The first-order chi connectivity index (χ1) is 8.16. The Morgan fingerprint density at radius 3 is 3.00 bits per heavy atom. The molecule has 0 amide bonds. The van der Waals surface area contributed by atoms with Crippen LogP contribution in [0.1, 0.15) is 16.8 Å². The van der Waals surface area contributed by atoms with Gasteiger partial charge in [-0.05, 0) is 19.1 Å². The zero-order valence-corrected chi connectivity index (χ0v) is 9.92. The Hall–Kier alpha value is -1.68. The van der Waals surface area contributed by atoms with E-state index < -0.39 is 0 Å². The molecule has 0 radical (unpaired) electrons. The maximum atomic E-state index is 13.9. The molecule has 0 saturated heterocycles. The van der Waals surface area contributed by atoms with Crippen LogP contribution in [0.25, 0.3) is 11.3 Å². The van der Waals surface area contributed by atoms with Crippen molar-refractivity contribution < 1.29 is 4.39 Å². The molecule has 0 fully saturated rings. The number of hydrogen-bond donors (Lipinski definition) is 1. The second-order valence-corrected chi connectivity index (χ2v) is 4.48. The molecule has 1 aliphatic rings. The average molecular weight is 231 g/mol. The van der Waals surface area contributed by atoms with Crippen molar-refractivity contribution in [1.82, 2.24) is 15.1 Å². The van der Waals surface area contributed by atoms with Gasteiger partial charge in [0, 0.05) is 31.3 Å². The van der Waals surface area contributed by atoms with Gasteiger partial charge in [-0.2, -0.15) is 5.10 Å². The van der Waals surface area contributed by atoms with Crippen LogP contribution in [0.15, 0.2) is 18.2 Å². The second kappa shape index (κ2) is 3.67. The van der Waals surface area contributed by atoms with Crippen LogP contribution in [-0.2, 0) is 20.1 Å². The van der Waals surface area contributed by atoms with Gasteiger partial charge in [0.25, 0.3) is 0 Å². The molecule has 3 rings (SSSR count). The summed E-state index contributed by atoms with van der Waals surface area (Å²) in [7, 11) is 1.87. The number of hydrogen-bond acceptors (Lipinski definition) is 2. The van der Waals surface area contributed by atoms with Gasteiger partial charge in [-0.3, -0.25) is 4.68 Å². The highest BCUT2D eigenvalue weighted by atomic mass is 19.1. The Balaban J connectivity index is 2.25. The largest absolute Gasteiger partial charge is 0.307 e. The minimum absolute atomic E-state index is 0.187. The van der Waals surface area contributed by atoms with Crippen molar-refractivity contribution in [2.45, 2.75) is 20.0 Å². The summed E-state index contributed by atoms with van der Waals surface area (Å²) in [6.07, 6.45) is 0. The highest BCUT2D eigenvalue weighted by Gasteiger charge is 2.23. The van der Waals surface area contributed by atoms with E-state index in [1.54, 1.807) is 10.7 Å². The van der Waals surface area contributed by atoms with Crippen molar-refractivity contribution in [2.24, 2.45) is 7.05 Å². The Bertz CT molecular complexity index is 587. The van der Waals surface area contributed by atoms with Crippen LogP contribution in [0.3, 0.4) is 0 Å². The van der Waals surface area contributed by atoms with E-state index >= 15 is 0 Å². The average Bonchev–Trinajstić information content (AvgIpc) is 2.82. The lowest BCUT2D eigenvalue weighted by Crippen LogP contribution is -2.06. The summed E-state index contributed by atoms with van der Waals surface area (Å²) in [6.45, 7) is 3.51. The molecular weight excluding hydrogens is 217 g/mol. The summed E-state index contributed by atoms with van der Waals surface area (Å²) in [4.78, 5) is 0. The fraction of sp³-hybridized carbons (Fsp3) is 0.308. The van der Waals surface area contributed by atoms with Gasteiger partial charge in [0.05, 0.1) is 11.4 Å². The summed E-state index contributed by atoms with van der Waals surface area (Å²) >= 11 is 0. The Kier molecular flexibility index (Phi) is 2.26. The summed E-state index contributed by atoms with van der Waals surface area (Å²) in [6, 6.07) is 5.19. The molecule has 17 heavy (non-hydrogen) atoms. The number of fused-ring (bicyclic) bond motifs is 1. The van der Waals surface area contributed by atoms with Crippen molar-refractivity contribution in [3.05, 3.63) is 40.8 Å². The minimum Gasteiger partial charge on any atom is -0.307 e. The van der Waals surface area contributed by atoms with E-state index in [4.69, 9.17) is 0 Å². The molecule has 2 heterocycles. The van der Waals surface area contributed by atoms with Crippen molar-refractivity contribution in [3.63, 3.8) is 0 Å². The third-order valence-electron chi connectivity index (χ3n) is 3.20. The fourth-order valence-electron chi connectivity index (χ4n) is 2.41. The van der Waals surface area contributed by atoms with E-state index in [0.717, 1.165) is 35.6 Å². The van der Waals surface area contributed by atoms with Gasteiger partial charge in [-0.25, -0.2) is 4.39 Å². The molecule has 1 aliphatic heterocycles. The monoisotopic (exact) mass is 231 g/mol. The molecule has 0 spiro atoms. The van der Waals surface area contributed by atoms with Gasteiger partial charge in [0.2, 0.25) is 0 Å². The molecule has 0 unspecified atom stereocenters. The Morgan fingerprint density at radius 2 is 2.18 bits per heavy atom. The first-order valence-corrected chi connectivity index (χ1v) is 5.69. The molecular formula is C13H14FN3. The molecule has 0 atom stereocenters. The smallest absolute Gasteiger partial charge is 0.132 e. The van der Waals surface area contributed by atoms with Crippen LogP contribution in [0.2, 0.25) is 0 Å². The van der Waals surface area contributed by atoms with Crippen molar-refractivity contribution in [3.8, 4) is 11.3 Å². The molecule has 2 aromatic rings. The van der Waals surface area contributed by atoms with Crippen LogP contribution in [0.5, 0.6) is 0 Å². The van der Waals surface area contributed by atoms with E-state index in [-0.39, 0.29) is 5.82 Å².